The zero-order valence-corrected chi connectivity index (χ0v) is 14.4. The number of esters is 1. The molecule has 1 aliphatic heterocycles. The number of rotatable bonds is 5. The van der Waals surface area contributed by atoms with Crippen molar-refractivity contribution < 1.29 is 19.4 Å². The maximum Gasteiger partial charge on any atom is 0.337 e. The van der Waals surface area contributed by atoms with Crippen LogP contribution >= 0.6 is 15.9 Å². The van der Waals surface area contributed by atoms with Gasteiger partial charge in [-0.15, -0.1) is 0 Å². The largest absolute Gasteiger partial charge is 0.466 e. The second-order valence-electron chi connectivity index (χ2n) is 5.19. The smallest absolute Gasteiger partial charge is 0.337 e. The van der Waals surface area contributed by atoms with Gasteiger partial charge in [-0.05, 0) is 34.1 Å². The molecule has 0 saturated heterocycles. The van der Waals surface area contributed by atoms with Crippen LogP contribution in [0.1, 0.15) is 0 Å². The number of H-pyrrole nitrogens is 1. The van der Waals surface area contributed by atoms with Crippen molar-refractivity contribution in [3.05, 3.63) is 34.1 Å². The molecule has 126 valence electrons. The molecule has 2 heterocycles. The van der Waals surface area contributed by atoms with Crippen molar-refractivity contribution in [1.29, 1.82) is 0 Å². The zero-order valence-electron chi connectivity index (χ0n) is 12.8. The van der Waals surface area contributed by atoms with E-state index in [-0.39, 0.29) is 36.9 Å². The number of amides is 1. The van der Waals surface area contributed by atoms with E-state index in [2.05, 4.69) is 31.4 Å². The summed E-state index contributed by atoms with van der Waals surface area (Å²) >= 11 is 3.37. The van der Waals surface area contributed by atoms with Crippen LogP contribution in [0, 0.1) is 0 Å². The molecule has 1 amide bonds. The molecule has 24 heavy (non-hydrogen) atoms. The number of aliphatic hydroxyl groups is 1. The molecule has 0 unspecified atom stereocenters. The lowest BCUT2D eigenvalue weighted by Gasteiger charge is -2.15. The molecule has 3 N–H and O–H groups in total. The van der Waals surface area contributed by atoms with Gasteiger partial charge in [-0.25, -0.2) is 4.79 Å². The van der Waals surface area contributed by atoms with Gasteiger partial charge in [0.05, 0.1) is 31.4 Å². The lowest BCUT2D eigenvalue weighted by Crippen LogP contribution is -2.31. The van der Waals surface area contributed by atoms with Gasteiger partial charge in [0.15, 0.2) is 0 Å². The molecule has 9 heteroatoms. The highest BCUT2D eigenvalue weighted by atomic mass is 79.9. The van der Waals surface area contributed by atoms with Crippen molar-refractivity contribution in [3.8, 4) is 0 Å². The van der Waals surface area contributed by atoms with Crippen LogP contribution in [0.3, 0.4) is 0 Å². The SMILES string of the molecule is COC(=O)C1=C(Nc2ccc3n[nH]c(Br)c3c2)C(=O)N(CCO)C1. The van der Waals surface area contributed by atoms with Crippen molar-refractivity contribution in [1.82, 2.24) is 15.1 Å². The Labute approximate surface area is 145 Å². The molecule has 0 atom stereocenters. The number of hydrogen-bond acceptors (Lipinski definition) is 6. The highest BCUT2D eigenvalue weighted by molar-refractivity contribution is 9.10. The average Bonchev–Trinajstić information content (AvgIpc) is 3.10. The Bertz CT molecular complexity index is 845. The molecule has 1 aromatic carbocycles. The predicted octanol–water partition coefficient (Wildman–Crippen LogP) is 0.999. The number of fused-ring (bicyclic) bond motifs is 1. The number of methoxy groups -OCH3 is 1. The molecule has 0 spiro atoms. The minimum Gasteiger partial charge on any atom is -0.466 e. The van der Waals surface area contributed by atoms with E-state index in [0.29, 0.717) is 5.69 Å². The summed E-state index contributed by atoms with van der Waals surface area (Å²) in [6, 6.07) is 5.37. The zero-order chi connectivity index (χ0) is 17.3. The molecule has 0 fully saturated rings. The van der Waals surface area contributed by atoms with Crippen molar-refractivity contribution >= 4 is 44.4 Å². The van der Waals surface area contributed by atoms with Crippen molar-refractivity contribution in [2.75, 3.05) is 32.1 Å². The first-order chi connectivity index (χ1) is 11.5. The summed E-state index contributed by atoms with van der Waals surface area (Å²) in [5, 5.41) is 19.8. The van der Waals surface area contributed by atoms with Gasteiger partial charge in [0.25, 0.3) is 5.91 Å². The second-order valence-corrected chi connectivity index (χ2v) is 5.98. The van der Waals surface area contributed by atoms with Gasteiger partial charge in [-0.3, -0.25) is 9.89 Å². The van der Waals surface area contributed by atoms with Gasteiger partial charge < -0.3 is 20.1 Å². The quantitative estimate of drug-likeness (QED) is 0.652. The number of hydrogen-bond donors (Lipinski definition) is 3. The summed E-state index contributed by atoms with van der Waals surface area (Å²) in [5.41, 5.74) is 1.81. The number of β-amino-alcohol motifs (C(OH)–C–C–N with tert-alkyl or cyclic N) is 1. The third-order valence-electron chi connectivity index (χ3n) is 3.73. The summed E-state index contributed by atoms with van der Waals surface area (Å²) in [4.78, 5) is 25.8. The lowest BCUT2D eigenvalue weighted by molar-refractivity contribution is -0.136. The Balaban J connectivity index is 1.95. The van der Waals surface area contributed by atoms with E-state index in [1.165, 1.54) is 12.0 Å². The first-order valence-electron chi connectivity index (χ1n) is 7.17. The van der Waals surface area contributed by atoms with E-state index >= 15 is 0 Å². The van der Waals surface area contributed by atoms with Gasteiger partial charge in [-0.1, -0.05) is 0 Å². The first kappa shape index (κ1) is 16.5. The monoisotopic (exact) mass is 394 g/mol. The minimum atomic E-state index is -0.572. The number of aromatic amines is 1. The Hall–Kier alpha value is -2.39. The molecule has 8 nitrogen and oxygen atoms in total. The van der Waals surface area contributed by atoms with E-state index in [1.807, 2.05) is 6.07 Å². The van der Waals surface area contributed by atoms with Crippen LogP contribution in [0.15, 0.2) is 34.1 Å². The number of aliphatic hydroxyl groups excluding tert-OH is 1. The molecule has 0 saturated carbocycles. The summed E-state index contributed by atoms with van der Waals surface area (Å²) in [6.07, 6.45) is 0. The molecule has 1 aliphatic rings. The van der Waals surface area contributed by atoms with Crippen molar-refractivity contribution in [2.45, 2.75) is 0 Å². The fourth-order valence-corrected chi connectivity index (χ4v) is 2.96. The topological polar surface area (TPSA) is 108 Å². The normalized spacial score (nSPS) is 14.6. The van der Waals surface area contributed by atoms with E-state index in [0.717, 1.165) is 15.5 Å². The summed E-state index contributed by atoms with van der Waals surface area (Å²) in [6.45, 7) is 0.0737. The van der Waals surface area contributed by atoms with E-state index in [4.69, 9.17) is 9.84 Å². The van der Waals surface area contributed by atoms with Crippen LogP contribution in [0.4, 0.5) is 5.69 Å². The molecule has 0 radical (unpaired) electrons. The van der Waals surface area contributed by atoms with Crippen molar-refractivity contribution in [3.63, 3.8) is 0 Å². The molecular formula is C15H15BrN4O4. The molecule has 3 rings (SSSR count). The van der Waals surface area contributed by atoms with Crippen LogP contribution in [0.5, 0.6) is 0 Å². The fourth-order valence-electron chi connectivity index (χ4n) is 2.55. The highest BCUT2D eigenvalue weighted by Gasteiger charge is 2.34. The van der Waals surface area contributed by atoms with Crippen LogP contribution in [0.2, 0.25) is 0 Å². The number of halogens is 1. The average molecular weight is 395 g/mol. The fraction of sp³-hybridized carbons (Fsp3) is 0.267. The lowest BCUT2D eigenvalue weighted by atomic mass is 10.2. The molecule has 0 aliphatic carbocycles. The number of benzene rings is 1. The maximum absolute atomic E-state index is 12.5. The third-order valence-corrected chi connectivity index (χ3v) is 4.33. The van der Waals surface area contributed by atoms with Crippen LogP contribution in [-0.4, -0.2) is 58.9 Å². The Morgan fingerprint density at radius 2 is 2.33 bits per heavy atom. The summed E-state index contributed by atoms with van der Waals surface area (Å²) in [5.74, 6) is -0.923. The van der Waals surface area contributed by atoms with Crippen LogP contribution < -0.4 is 5.32 Å². The van der Waals surface area contributed by atoms with Gasteiger partial charge in [-0.2, -0.15) is 5.10 Å². The van der Waals surface area contributed by atoms with E-state index < -0.39 is 5.97 Å². The minimum absolute atomic E-state index is 0.103. The predicted molar refractivity (Wildman–Crippen MR) is 90.1 cm³/mol. The number of nitrogens with one attached hydrogen (secondary N) is 2. The summed E-state index contributed by atoms with van der Waals surface area (Å²) < 4.78 is 5.48. The molecule has 0 bridgehead atoms. The maximum atomic E-state index is 12.5. The van der Waals surface area contributed by atoms with E-state index in [9.17, 15) is 9.59 Å². The highest BCUT2D eigenvalue weighted by Crippen LogP contribution is 2.27. The molecule has 2 aromatic rings. The molecule has 1 aromatic heterocycles. The molecular weight excluding hydrogens is 380 g/mol. The number of ether oxygens (including phenoxy) is 1. The standard InChI is InChI=1S/C15H15BrN4O4/c1-24-15(23)10-7-20(4-5-21)14(22)12(10)17-8-2-3-11-9(6-8)13(16)19-18-11/h2-3,6,17,21H,4-5,7H2,1H3,(H,18,19). The van der Waals surface area contributed by atoms with Crippen molar-refractivity contribution in [2.24, 2.45) is 0 Å². The first-order valence-corrected chi connectivity index (χ1v) is 7.96. The number of anilines is 1. The van der Waals surface area contributed by atoms with E-state index in [1.54, 1.807) is 12.1 Å². The van der Waals surface area contributed by atoms with Gasteiger partial charge in [0.1, 0.15) is 10.3 Å². The van der Waals surface area contributed by atoms with Gasteiger partial charge in [0.2, 0.25) is 0 Å². The summed E-state index contributed by atoms with van der Waals surface area (Å²) in [7, 11) is 1.26. The second kappa shape index (κ2) is 6.62. The number of carbonyl (C=O) groups is 2. The third kappa shape index (κ3) is 2.87. The Morgan fingerprint density at radius 3 is 3.04 bits per heavy atom. The Morgan fingerprint density at radius 1 is 1.54 bits per heavy atom. The van der Waals surface area contributed by atoms with Gasteiger partial charge >= 0.3 is 5.97 Å². The number of nitrogens with zero attached hydrogens (tertiary/aromatic N) is 2. The van der Waals surface area contributed by atoms with Crippen LogP contribution in [0.25, 0.3) is 10.9 Å². The number of carbonyl (C=O) groups excluding carboxylic acids is 2. The number of aromatic nitrogens is 2. The Kier molecular flexibility index (Phi) is 4.54. The van der Waals surface area contributed by atoms with Gasteiger partial charge in [0, 0.05) is 17.6 Å². The van der Waals surface area contributed by atoms with Crippen LogP contribution in [-0.2, 0) is 14.3 Å².